The van der Waals surface area contributed by atoms with Crippen LogP contribution in [0.4, 0.5) is 0 Å². The quantitative estimate of drug-likeness (QED) is 0.655. The van der Waals surface area contributed by atoms with Gasteiger partial charge in [-0.3, -0.25) is 4.98 Å². The van der Waals surface area contributed by atoms with Crippen molar-refractivity contribution < 1.29 is 0 Å². The number of nitrogens with one attached hydrogen (secondary N) is 1. The zero-order valence-electron chi connectivity index (χ0n) is 12.3. The molecule has 0 atom stereocenters. The van der Waals surface area contributed by atoms with Crippen molar-refractivity contribution in [2.75, 3.05) is 19.6 Å². The minimum atomic E-state index is -1.96. The van der Waals surface area contributed by atoms with E-state index in [1.165, 1.54) is 38.9 Å². The van der Waals surface area contributed by atoms with E-state index in [2.05, 4.69) is 26.8 Å². The molecular weight excluding hydrogens is 429 g/mol. The van der Waals surface area contributed by atoms with Gasteiger partial charge in [0.1, 0.15) is 0 Å². The van der Waals surface area contributed by atoms with Gasteiger partial charge in [-0.25, -0.2) is 9.78 Å². The Morgan fingerprint density at radius 2 is 1.57 bits per heavy atom. The van der Waals surface area contributed by atoms with E-state index in [-0.39, 0.29) is 11.6 Å². The summed E-state index contributed by atoms with van der Waals surface area (Å²) in [6, 6.07) is 0. The summed E-state index contributed by atoms with van der Waals surface area (Å²) in [6.45, 7) is 6.18. The fourth-order valence-electron chi connectivity index (χ4n) is 1.92. The monoisotopic (exact) mass is 442 g/mol. The second-order valence-corrected chi connectivity index (χ2v) is 9.38. The first kappa shape index (κ1) is 21.6. The summed E-state index contributed by atoms with van der Waals surface area (Å²) in [7, 11) is 0. The molecule has 1 aromatic heterocycles. The van der Waals surface area contributed by atoms with Crippen molar-refractivity contribution in [2.24, 2.45) is 0 Å². The van der Waals surface area contributed by atoms with Crippen molar-refractivity contribution in [1.29, 1.82) is 0 Å². The van der Waals surface area contributed by atoms with Gasteiger partial charge in [0, 0.05) is 0 Å². The van der Waals surface area contributed by atoms with Gasteiger partial charge in [0.2, 0.25) is 7.59 Å². The van der Waals surface area contributed by atoms with Crippen molar-refractivity contribution in [3.63, 3.8) is 0 Å². The molecule has 0 saturated carbocycles. The molecule has 23 heavy (non-hydrogen) atoms. The number of alkyl halides is 6. The van der Waals surface area contributed by atoms with Crippen LogP contribution in [0.5, 0.6) is 0 Å². The van der Waals surface area contributed by atoms with Gasteiger partial charge in [-0.2, -0.15) is 4.98 Å². The van der Waals surface area contributed by atoms with Gasteiger partial charge in [0.15, 0.2) is 11.6 Å². The molecule has 0 unspecified atom stereocenters. The first-order valence-corrected chi connectivity index (χ1v) is 9.16. The second-order valence-electron chi connectivity index (χ2n) is 4.82. The van der Waals surface area contributed by atoms with Crippen LogP contribution in [0.25, 0.3) is 0 Å². The number of nitrogens with zero attached hydrogens (tertiary/aromatic N) is 3. The molecule has 132 valence electrons. The number of H-pyrrole nitrogens is 1. The molecule has 1 saturated heterocycles. The van der Waals surface area contributed by atoms with Crippen molar-refractivity contribution in [3.05, 3.63) is 22.1 Å². The van der Waals surface area contributed by atoms with E-state index in [0.29, 0.717) is 0 Å². The Morgan fingerprint density at radius 3 is 1.96 bits per heavy atom. The molecule has 1 N–H and O–H groups in total. The Balaban J connectivity index is 0.000000277. The van der Waals surface area contributed by atoms with Gasteiger partial charge in [0.05, 0.1) is 0 Å². The summed E-state index contributed by atoms with van der Waals surface area (Å²) < 4.78 is -3.88. The van der Waals surface area contributed by atoms with E-state index in [0.717, 1.165) is 0 Å². The van der Waals surface area contributed by atoms with E-state index in [9.17, 15) is 4.79 Å². The molecule has 1 aliphatic rings. The molecule has 1 fully saturated rings. The highest BCUT2D eigenvalue weighted by atomic mass is 35.6. The predicted molar refractivity (Wildman–Crippen MR) is 97.1 cm³/mol. The Labute approximate surface area is 164 Å². The first-order chi connectivity index (χ1) is 10.5. The van der Waals surface area contributed by atoms with Gasteiger partial charge in [-0.15, -0.1) is 0 Å². The van der Waals surface area contributed by atoms with Crippen LogP contribution in [-0.2, 0) is 7.59 Å². The standard InChI is InChI=1S/C7H15N.C5HCl6N3O/c1-2-8-6-4-3-5-7-8;6-4(7,8)1-12-2(5(9,10)11)14-3(15)13-1/h2-7H2,1H3;(H,12,13,14,15). The molecule has 0 radical (unpaired) electrons. The van der Waals surface area contributed by atoms with Gasteiger partial charge in [-0.1, -0.05) is 83.0 Å². The summed E-state index contributed by atoms with van der Waals surface area (Å²) in [5.74, 6) is -0.633. The first-order valence-electron chi connectivity index (χ1n) is 6.89. The van der Waals surface area contributed by atoms with Crippen LogP contribution in [0.2, 0.25) is 0 Å². The number of piperidine rings is 1. The summed E-state index contributed by atoms with van der Waals surface area (Å²) in [6.07, 6.45) is 4.30. The third-order valence-corrected chi connectivity index (χ3v) is 4.11. The lowest BCUT2D eigenvalue weighted by Crippen LogP contribution is -2.29. The van der Waals surface area contributed by atoms with Crippen LogP contribution in [-0.4, -0.2) is 39.5 Å². The van der Waals surface area contributed by atoms with Crippen molar-refractivity contribution in [3.8, 4) is 0 Å². The van der Waals surface area contributed by atoms with Crippen LogP contribution in [0.1, 0.15) is 37.8 Å². The summed E-state index contributed by atoms with van der Waals surface area (Å²) >= 11 is 32.9. The molecule has 5 nitrogen and oxygen atoms in total. The van der Waals surface area contributed by atoms with Gasteiger partial charge in [-0.05, 0) is 32.5 Å². The normalized spacial score (nSPS) is 16.7. The Morgan fingerprint density at radius 1 is 1.00 bits per heavy atom. The number of halogens is 6. The van der Waals surface area contributed by atoms with Gasteiger partial charge < -0.3 is 4.90 Å². The molecule has 0 aromatic carbocycles. The minimum Gasteiger partial charge on any atom is -0.304 e. The fourth-order valence-corrected chi connectivity index (χ4v) is 2.44. The number of aromatic nitrogens is 3. The Kier molecular flexibility index (Phi) is 8.69. The SMILES string of the molecule is CCN1CCCCC1.O=c1nc(C(Cl)(Cl)Cl)nc(C(Cl)(Cl)Cl)[nH]1. The number of hydrogen-bond acceptors (Lipinski definition) is 4. The van der Waals surface area contributed by atoms with Crippen LogP contribution in [0.3, 0.4) is 0 Å². The average Bonchev–Trinajstić information content (AvgIpc) is 2.46. The molecule has 0 spiro atoms. The smallest absolute Gasteiger partial charge is 0.304 e. The molecule has 2 heterocycles. The van der Waals surface area contributed by atoms with E-state index < -0.39 is 13.3 Å². The number of rotatable bonds is 1. The fraction of sp³-hybridized carbons (Fsp3) is 0.750. The van der Waals surface area contributed by atoms with Crippen LogP contribution in [0, 0.1) is 0 Å². The highest BCUT2D eigenvalue weighted by Gasteiger charge is 2.32. The molecular formula is C12H16Cl6N4O. The average molecular weight is 445 g/mol. The van der Waals surface area contributed by atoms with E-state index >= 15 is 0 Å². The maximum absolute atomic E-state index is 11.0. The van der Waals surface area contributed by atoms with E-state index in [1.807, 2.05) is 0 Å². The highest BCUT2D eigenvalue weighted by molar-refractivity contribution is 6.67. The van der Waals surface area contributed by atoms with Gasteiger partial charge >= 0.3 is 5.69 Å². The number of likely N-dealkylation sites (tertiary alicyclic amines) is 1. The highest BCUT2D eigenvalue weighted by Crippen LogP contribution is 2.38. The van der Waals surface area contributed by atoms with Crippen molar-refractivity contribution in [2.45, 2.75) is 33.8 Å². The van der Waals surface area contributed by atoms with Crippen molar-refractivity contribution in [1.82, 2.24) is 19.9 Å². The molecule has 1 aromatic rings. The molecule has 0 aliphatic carbocycles. The van der Waals surface area contributed by atoms with Gasteiger partial charge in [0.25, 0.3) is 0 Å². The minimum absolute atomic E-state index is 0.270. The van der Waals surface area contributed by atoms with Crippen molar-refractivity contribution >= 4 is 69.6 Å². The summed E-state index contributed by atoms with van der Waals surface area (Å²) in [5.41, 5.74) is -0.826. The zero-order valence-corrected chi connectivity index (χ0v) is 16.8. The lowest BCUT2D eigenvalue weighted by Gasteiger charge is -2.24. The lowest BCUT2D eigenvalue weighted by molar-refractivity contribution is 0.240. The topological polar surface area (TPSA) is 61.9 Å². The number of hydrogen-bond donors (Lipinski definition) is 1. The van der Waals surface area contributed by atoms with Crippen LogP contribution >= 0.6 is 69.6 Å². The van der Waals surface area contributed by atoms with Crippen LogP contribution < -0.4 is 5.69 Å². The third-order valence-electron chi connectivity index (χ3n) is 3.07. The lowest BCUT2D eigenvalue weighted by atomic mass is 10.1. The third kappa shape index (κ3) is 7.95. The van der Waals surface area contributed by atoms with E-state index in [1.54, 1.807) is 0 Å². The largest absolute Gasteiger partial charge is 0.348 e. The Bertz CT molecular complexity index is 512. The summed E-state index contributed by atoms with van der Waals surface area (Å²) in [5, 5.41) is 0. The molecule has 11 heteroatoms. The Hall–Kier alpha value is 0.510. The second kappa shape index (κ2) is 9.27. The molecule has 0 amide bonds. The molecule has 2 rings (SSSR count). The number of aromatic amines is 1. The van der Waals surface area contributed by atoms with E-state index in [4.69, 9.17) is 69.6 Å². The van der Waals surface area contributed by atoms with Crippen LogP contribution in [0.15, 0.2) is 4.79 Å². The predicted octanol–water partition coefficient (Wildman–Crippen LogP) is 4.31. The maximum atomic E-state index is 11.0. The maximum Gasteiger partial charge on any atom is 0.348 e. The summed E-state index contributed by atoms with van der Waals surface area (Å²) in [4.78, 5) is 22.6. The molecule has 0 bridgehead atoms. The molecule has 1 aliphatic heterocycles. The zero-order chi connectivity index (χ0) is 17.7.